The summed E-state index contributed by atoms with van der Waals surface area (Å²) in [5, 5.41) is 4.04. The zero-order valence-corrected chi connectivity index (χ0v) is 18.9. The van der Waals surface area contributed by atoms with Gasteiger partial charge >= 0.3 is 0 Å². The number of H-pyrrole nitrogens is 1. The van der Waals surface area contributed by atoms with Crippen molar-refractivity contribution in [2.75, 3.05) is 24.6 Å². The Morgan fingerprint density at radius 1 is 1.26 bits per heavy atom. The van der Waals surface area contributed by atoms with Crippen molar-refractivity contribution >= 4 is 39.2 Å². The maximum absolute atomic E-state index is 12.8. The van der Waals surface area contributed by atoms with E-state index in [9.17, 15) is 4.55 Å². The topological polar surface area (TPSA) is 126 Å². The largest absolute Gasteiger partial charge is 0.610 e. The highest BCUT2D eigenvalue weighted by atomic mass is 32.2. The van der Waals surface area contributed by atoms with Crippen molar-refractivity contribution in [1.29, 1.82) is 0 Å². The second-order valence-electron chi connectivity index (χ2n) is 7.05. The predicted octanol–water partition coefficient (Wildman–Crippen LogP) is 4.18. The summed E-state index contributed by atoms with van der Waals surface area (Å²) < 4.78 is 18.4. The van der Waals surface area contributed by atoms with Crippen LogP contribution in [0, 0.1) is 0 Å². The first-order valence-corrected chi connectivity index (χ1v) is 12.4. The van der Waals surface area contributed by atoms with Gasteiger partial charge in [-0.15, -0.1) is 11.3 Å². The van der Waals surface area contributed by atoms with Crippen LogP contribution in [0.4, 0.5) is 5.69 Å². The van der Waals surface area contributed by atoms with Crippen molar-refractivity contribution < 1.29 is 9.29 Å². The molecule has 7 nitrogen and oxygen atoms in total. The summed E-state index contributed by atoms with van der Waals surface area (Å²) in [6.45, 7) is 3.00. The lowest BCUT2D eigenvalue weighted by atomic mass is 10.0. The van der Waals surface area contributed by atoms with E-state index in [4.69, 9.17) is 21.2 Å². The van der Waals surface area contributed by atoms with E-state index in [1.807, 2.05) is 35.7 Å². The molecule has 0 saturated carbocycles. The normalized spacial score (nSPS) is 12.4. The summed E-state index contributed by atoms with van der Waals surface area (Å²) in [4.78, 5) is 12.4. The summed E-state index contributed by atoms with van der Waals surface area (Å²) in [6.07, 6.45) is 3.60. The summed E-state index contributed by atoms with van der Waals surface area (Å²) >= 11 is 0.309. The second kappa shape index (κ2) is 9.69. The van der Waals surface area contributed by atoms with Crippen LogP contribution in [0.5, 0.6) is 5.75 Å². The molecule has 0 amide bonds. The van der Waals surface area contributed by atoms with Gasteiger partial charge in [0.2, 0.25) is 5.03 Å². The first-order chi connectivity index (χ1) is 15.1. The minimum Gasteiger partial charge on any atom is -0.610 e. The molecule has 1 atom stereocenters. The second-order valence-corrected chi connectivity index (χ2v) is 9.45. The number of pyridine rings is 1. The molecule has 4 rings (SSSR count). The number of benzene rings is 1. The highest BCUT2D eigenvalue weighted by Gasteiger charge is 2.24. The van der Waals surface area contributed by atoms with Crippen LogP contribution in [0.2, 0.25) is 0 Å². The Hall–Kier alpha value is -2.59. The van der Waals surface area contributed by atoms with Crippen molar-refractivity contribution in [3.63, 3.8) is 0 Å². The number of fused-ring (bicyclic) bond motifs is 1. The third-order valence-corrected chi connectivity index (χ3v) is 7.11. The molecule has 0 aliphatic carbocycles. The van der Waals surface area contributed by atoms with Gasteiger partial charge < -0.3 is 20.8 Å². The van der Waals surface area contributed by atoms with Gasteiger partial charge in [-0.05, 0) is 35.7 Å². The number of aromatic nitrogens is 3. The number of rotatable bonds is 9. The molecular formula is C22H25N5O2S2. The molecule has 0 radical (unpaired) electrons. The van der Waals surface area contributed by atoms with Crippen LogP contribution >= 0.6 is 11.3 Å². The van der Waals surface area contributed by atoms with E-state index >= 15 is 0 Å². The van der Waals surface area contributed by atoms with E-state index < -0.39 is 11.2 Å². The number of unbranched alkanes of at least 4 members (excludes halogenated alkanes) is 1. The third-order valence-electron chi connectivity index (χ3n) is 4.88. The molecule has 1 unspecified atom stereocenters. The average molecular weight is 456 g/mol. The van der Waals surface area contributed by atoms with Crippen molar-refractivity contribution in [3.05, 3.63) is 41.9 Å². The van der Waals surface area contributed by atoms with Crippen LogP contribution in [0.3, 0.4) is 0 Å². The summed E-state index contributed by atoms with van der Waals surface area (Å²) in [6, 6.07) is 9.76. The first-order valence-electron chi connectivity index (χ1n) is 10.2. The molecule has 3 aromatic heterocycles. The van der Waals surface area contributed by atoms with Crippen LogP contribution in [0.15, 0.2) is 46.9 Å². The van der Waals surface area contributed by atoms with Gasteiger partial charge in [0.25, 0.3) is 0 Å². The number of hydrogen-bond donors (Lipinski definition) is 3. The molecule has 1 aromatic carbocycles. The quantitative estimate of drug-likeness (QED) is 0.325. The molecule has 4 aromatic rings. The van der Waals surface area contributed by atoms with E-state index in [2.05, 4.69) is 16.9 Å². The Kier molecular flexibility index (Phi) is 6.77. The Morgan fingerprint density at radius 2 is 2.06 bits per heavy atom. The summed E-state index contributed by atoms with van der Waals surface area (Å²) in [7, 11) is 0. The number of nitrogens with zero attached hydrogens (tertiary/aromatic N) is 2. The van der Waals surface area contributed by atoms with E-state index in [0.717, 1.165) is 45.8 Å². The van der Waals surface area contributed by atoms with Gasteiger partial charge in [0.1, 0.15) is 40.1 Å². The average Bonchev–Trinajstić information content (AvgIpc) is 3.44. The number of ether oxygens (including phenoxy) is 1. The number of nitrogens with one attached hydrogen (secondary N) is 1. The highest BCUT2D eigenvalue weighted by Crippen LogP contribution is 2.39. The number of anilines is 1. The lowest BCUT2D eigenvalue weighted by Crippen LogP contribution is -2.10. The molecule has 0 bridgehead atoms. The molecule has 31 heavy (non-hydrogen) atoms. The van der Waals surface area contributed by atoms with Crippen LogP contribution in [0.1, 0.15) is 19.8 Å². The SMILES string of the molecule is CCCC[S+]([O-])c1[nH]c2nc(-c3nccs3)cc(-c3ccc(OCCN)cc3)c2c1N. The zero-order chi connectivity index (χ0) is 21.8. The summed E-state index contributed by atoms with van der Waals surface area (Å²) in [5.41, 5.74) is 15.7. The molecule has 0 spiro atoms. The smallest absolute Gasteiger partial charge is 0.248 e. The zero-order valence-electron chi connectivity index (χ0n) is 17.3. The van der Waals surface area contributed by atoms with Crippen molar-refractivity contribution in [1.82, 2.24) is 15.0 Å². The van der Waals surface area contributed by atoms with E-state index in [1.165, 1.54) is 11.3 Å². The molecule has 0 aliphatic rings. The van der Waals surface area contributed by atoms with Gasteiger partial charge in [-0.3, -0.25) is 4.98 Å². The van der Waals surface area contributed by atoms with Gasteiger partial charge in [0.15, 0.2) is 0 Å². The van der Waals surface area contributed by atoms with Crippen molar-refractivity contribution in [3.8, 4) is 27.6 Å². The summed E-state index contributed by atoms with van der Waals surface area (Å²) in [5.74, 6) is 1.32. The Bertz CT molecular complexity index is 1140. The fourth-order valence-corrected chi connectivity index (χ4v) is 5.26. The molecule has 5 N–H and O–H groups in total. The maximum atomic E-state index is 12.8. The lowest BCUT2D eigenvalue weighted by Gasteiger charge is -2.10. The van der Waals surface area contributed by atoms with Crippen molar-refractivity contribution in [2.45, 2.75) is 24.8 Å². The first kappa shape index (κ1) is 21.6. The number of nitrogen functional groups attached to an aromatic ring is 1. The number of thiazole rings is 1. The van der Waals surface area contributed by atoms with E-state index in [-0.39, 0.29) is 0 Å². The molecule has 162 valence electrons. The number of nitrogens with two attached hydrogens (primary N) is 2. The monoisotopic (exact) mass is 455 g/mol. The van der Waals surface area contributed by atoms with E-state index in [0.29, 0.717) is 35.3 Å². The fraction of sp³-hybridized carbons (Fsp3) is 0.273. The maximum Gasteiger partial charge on any atom is 0.248 e. The van der Waals surface area contributed by atoms with Gasteiger partial charge in [0.05, 0.1) is 5.39 Å². The molecule has 0 fully saturated rings. The Balaban J connectivity index is 1.84. The molecule has 0 saturated heterocycles. The van der Waals surface area contributed by atoms with Gasteiger partial charge in [0, 0.05) is 29.3 Å². The van der Waals surface area contributed by atoms with Crippen LogP contribution in [-0.2, 0) is 11.2 Å². The Labute approximate surface area is 188 Å². The highest BCUT2D eigenvalue weighted by molar-refractivity contribution is 7.91. The number of hydrogen-bond acceptors (Lipinski definition) is 7. The van der Waals surface area contributed by atoms with E-state index in [1.54, 1.807) is 6.20 Å². The van der Waals surface area contributed by atoms with Crippen molar-refractivity contribution in [2.24, 2.45) is 5.73 Å². The standard InChI is InChI=1S/C22H25N5O2S2/c1-2-3-12-31(28)22-19(24)18-16(14-4-6-15(7-5-14)29-10-8-23)13-17(26-20(18)27-22)21-25-9-11-30-21/h4-7,9,11,13H,2-3,8,10,12,23-24H2,1H3,(H,26,27). The third kappa shape index (κ3) is 4.54. The van der Waals surface area contributed by atoms with Gasteiger partial charge in [-0.2, -0.15) is 0 Å². The predicted molar refractivity (Wildman–Crippen MR) is 128 cm³/mol. The van der Waals surface area contributed by atoms with Gasteiger partial charge in [-0.25, -0.2) is 9.97 Å². The van der Waals surface area contributed by atoms with Gasteiger partial charge in [-0.1, -0.05) is 25.5 Å². The fourth-order valence-electron chi connectivity index (χ4n) is 3.35. The lowest BCUT2D eigenvalue weighted by molar-refractivity contribution is 0.328. The number of aromatic amines is 1. The van der Waals surface area contributed by atoms with Crippen LogP contribution in [0.25, 0.3) is 32.9 Å². The van der Waals surface area contributed by atoms with Crippen LogP contribution < -0.4 is 16.2 Å². The minimum atomic E-state index is -1.21. The Morgan fingerprint density at radius 3 is 2.74 bits per heavy atom. The molecule has 3 heterocycles. The molecule has 9 heteroatoms. The molecular weight excluding hydrogens is 430 g/mol. The van der Waals surface area contributed by atoms with Crippen LogP contribution in [-0.4, -0.2) is 38.4 Å². The molecule has 0 aliphatic heterocycles. The minimum absolute atomic E-state index is 0.460.